The highest BCUT2D eigenvalue weighted by atomic mass is 16.2. The molecule has 1 aliphatic carbocycles. The van der Waals surface area contributed by atoms with Crippen molar-refractivity contribution in [3.63, 3.8) is 0 Å². The van der Waals surface area contributed by atoms with Gasteiger partial charge in [0.1, 0.15) is 0 Å². The van der Waals surface area contributed by atoms with Crippen LogP contribution in [0, 0.1) is 16.2 Å². The molecule has 5 heteroatoms. The fourth-order valence-electron chi connectivity index (χ4n) is 5.70. The summed E-state index contributed by atoms with van der Waals surface area (Å²) in [6.07, 6.45) is 2.36. The lowest BCUT2D eigenvalue weighted by atomic mass is 9.52. The van der Waals surface area contributed by atoms with Crippen LogP contribution in [0.25, 0.3) is 0 Å². The molecule has 2 fully saturated rings. The van der Waals surface area contributed by atoms with Gasteiger partial charge in [-0.3, -0.25) is 19.7 Å². The molecule has 4 rings (SSSR count). The molecule has 1 aromatic carbocycles. The summed E-state index contributed by atoms with van der Waals surface area (Å²) in [5.41, 5.74) is 0.466. The van der Waals surface area contributed by atoms with Gasteiger partial charge in [0.05, 0.1) is 0 Å². The van der Waals surface area contributed by atoms with Crippen LogP contribution in [0.1, 0.15) is 51.2 Å². The maximum atomic E-state index is 13.5. The first-order valence-electron chi connectivity index (χ1n) is 9.37. The van der Waals surface area contributed by atoms with Crippen LogP contribution >= 0.6 is 0 Å². The summed E-state index contributed by atoms with van der Waals surface area (Å²) in [6, 6.07) is 8.23. The second kappa shape index (κ2) is 5.41. The minimum Gasteiger partial charge on any atom is -0.338 e. The van der Waals surface area contributed by atoms with Gasteiger partial charge in [-0.2, -0.15) is 0 Å². The first kappa shape index (κ1) is 17.3. The monoisotopic (exact) mass is 354 g/mol. The van der Waals surface area contributed by atoms with Gasteiger partial charge in [0, 0.05) is 29.3 Å². The largest absolute Gasteiger partial charge is 0.338 e. The molecule has 2 heterocycles. The Kier molecular flexibility index (Phi) is 3.59. The third-order valence-electron chi connectivity index (χ3n) is 6.60. The van der Waals surface area contributed by atoms with E-state index in [1.54, 1.807) is 0 Å². The summed E-state index contributed by atoms with van der Waals surface area (Å²) in [5, 5.41) is 2.53. The number of nitrogens with one attached hydrogen (secondary N) is 1. The van der Waals surface area contributed by atoms with E-state index in [1.165, 1.54) is 11.1 Å². The van der Waals surface area contributed by atoms with E-state index in [4.69, 9.17) is 0 Å². The number of rotatable bonds is 1. The lowest BCUT2D eigenvalue weighted by Crippen LogP contribution is -2.64. The molecule has 1 N–H and O–H groups in total. The Morgan fingerprint density at radius 3 is 2.15 bits per heavy atom. The van der Waals surface area contributed by atoms with E-state index >= 15 is 0 Å². The Morgan fingerprint density at radius 1 is 0.962 bits per heavy atom. The van der Waals surface area contributed by atoms with Crippen molar-refractivity contribution >= 4 is 17.7 Å². The molecule has 0 spiro atoms. The minimum absolute atomic E-state index is 0.0756. The van der Waals surface area contributed by atoms with Gasteiger partial charge in [-0.1, -0.05) is 45.0 Å². The van der Waals surface area contributed by atoms with E-state index < -0.39 is 16.2 Å². The number of nitrogens with zero attached hydrogens (tertiary/aromatic N) is 1. The highest BCUT2D eigenvalue weighted by molar-refractivity contribution is 6.04. The van der Waals surface area contributed by atoms with Crippen LogP contribution in [0.4, 0.5) is 0 Å². The zero-order valence-corrected chi connectivity index (χ0v) is 15.7. The van der Waals surface area contributed by atoms with Gasteiger partial charge >= 0.3 is 0 Å². The molecule has 2 bridgehead atoms. The number of carbonyl (C=O) groups is 3. The first-order chi connectivity index (χ1) is 12.2. The third-order valence-corrected chi connectivity index (χ3v) is 6.60. The second-order valence-electron chi connectivity index (χ2n) is 9.24. The van der Waals surface area contributed by atoms with Gasteiger partial charge in [0.2, 0.25) is 17.7 Å². The smallest absolute Gasteiger partial charge is 0.232 e. The summed E-state index contributed by atoms with van der Waals surface area (Å²) >= 11 is 0. The molecule has 3 aliphatic rings. The van der Waals surface area contributed by atoms with Crippen molar-refractivity contribution < 1.29 is 14.4 Å². The molecule has 2 aliphatic heterocycles. The zero-order chi connectivity index (χ0) is 18.7. The van der Waals surface area contributed by atoms with Crippen LogP contribution < -0.4 is 5.32 Å². The van der Waals surface area contributed by atoms with Crippen LogP contribution in [0.2, 0.25) is 0 Å². The SMILES string of the molecule is CC12CC(C)(CC(C)(C(=O)N3CCc4ccccc4C3)C1)C(=O)NC2=O. The van der Waals surface area contributed by atoms with E-state index in [2.05, 4.69) is 17.4 Å². The number of hydrogen-bond donors (Lipinski definition) is 1. The lowest BCUT2D eigenvalue weighted by Gasteiger charge is -2.54. The number of imide groups is 1. The summed E-state index contributed by atoms with van der Waals surface area (Å²) in [7, 11) is 0. The predicted molar refractivity (Wildman–Crippen MR) is 96.9 cm³/mol. The normalized spacial score (nSPS) is 36.3. The Bertz CT molecular complexity index is 789. The van der Waals surface area contributed by atoms with Gasteiger partial charge in [-0.25, -0.2) is 0 Å². The molecule has 1 aromatic rings. The first-order valence-corrected chi connectivity index (χ1v) is 9.37. The van der Waals surface area contributed by atoms with Crippen molar-refractivity contribution in [1.82, 2.24) is 10.2 Å². The zero-order valence-electron chi connectivity index (χ0n) is 15.7. The molecule has 2 atom stereocenters. The summed E-state index contributed by atoms with van der Waals surface area (Å²) in [4.78, 5) is 40.4. The number of hydrogen-bond acceptors (Lipinski definition) is 3. The van der Waals surface area contributed by atoms with Gasteiger partial charge in [-0.05, 0) is 36.8 Å². The highest BCUT2D eigenvalue weighted by Gasteiger charge is 2.61. The molecule has 0 aromatic heterocycles. The quantitative estimate of drug-likeness (QED) is 0.788. The summed E-state index contributed by atoms with van der Waals surface area (Å²) in [5.74, 6) is -0.392. The molecule has 1 saturated carbocycles. The topological polar surface area (TPSA) is 66.5 Å². The molecular formula is C21H26N2O3. The van der Waals surface area contributed by atoms with Crippen molar-refractivity contribution in [1.29, 1.82) is 0 Å². The molecular weight excluding hydrogens is 328 g/mol. The molecule has 1 saturated heterocycles. The summed E-state index contributed by atoms with van der Waals surface area (Å²) in [6.45, 7) is 7.03. The lowest BCUT2D eigenvalue weighted by molar-refractivity contribution is -0.168. The van der Waals surface area contributed by atoms with Crippen LogP contribution in [0.3, 0.4) is 0 Å². The Hall–Kier alpha value is -2.17. The van der Waals surface area contributed by atoms with E-state index in [0.29, 0.717) is 32.4 Å². The van der Waals surface area contributed by atoms with Gasteiger partial charge in [0.25, 0.3) is 0 Å². The number of piperidine rings is 1. The highest BCUT2D eigenvalue weighted by Crippen LogP contribution is 2.57. The average molecular weight is 354 g/mol. The fraction of sp³-hybridized carbons (Fsp3) is 0.571. The second-order valence-corrected chi connectivity index (χ2v) is 9.24. The Labute approximate surface area is 154 Å². The molecule has 5 nitrogen and oxygen atoms in total. The predicted octanol–water partition coefficient (Wildman–Crippen LogP) is 2.43. The number of fused-ring (bicyclic) bond motifs is 3. The van der Waals surface area contributed by atoms with Gasteiger partial charge in [0.15, 0.2) is 0 Å². The Balaban J connectivity index is 1.64. The molecule has 138 valence electrons. The Morgan fingerprint density at radius 2 is 1.54 bits per heavy atom. The van der Waals surface area contributed by atoms with Crippen LogP contribution in [0.15, 0.2) is 24.3 Å². The summed E-state index contributed by atoms with van der Waals surface area (Å²) < 4.78 is 0. The number of amides is 3. The van der Waals surface area contributed by atoms with Gasteiger partial charge < -0.3 is 4.90 Å². The standard InChI is InChI=1S/C21H26N2O3/c1-19-11-20(2,17(25)22-16(19)24)13-21(3,12-19)18(26)23-9-8-14-6-4-5-7-15(14)10-23/h4-7H,8-13H2,1-3H3,(H,22,24,25). The molecule has 0 radical (unpaired) electrons. The molecule has 2 unspecified atom stereocenters. The van der Waals surface area contributed by atoms with Crippen molar-refractivity contribution in [2.75, 3.05) is 6.54 Å². The fourth-order valence-corrected chi connectivity index (χ4v) is 5.70. The van der Waals surface area contributed by atoms with Crippen molar-refractivity contribution in [3.05, 3.63) is 35.4 Å². The van der Waals surface area contributed by atoms with Crippen LogP contribution in [-0.4, -0.2) is 29.2 Å². The minimum atomic E-state index is -0.693. The van der Waals surface area contributed by atoms with E-state index in [-0.39, 0.29) is 17.7 Å². The van der Waals surface area contributed by atoms with E-state index in [1.807, 2.05) is 37.8 Å². The van der Waals surface area contributed by atoms with Crippen LogP contribution in [0.5, 0.6) is 0 Å². The number of benzene rings is 1. The van der Waals surface area contributed by atoms with Gasteiger partial charge in [-0.15, -0.1) is 0 Å². The number of carbonyl (C=O) groups excluding carboxylic acids is 3. The van der Waals surface area contributed by atoms with Crippen molar-refractivity contribution in [2.45, 2.75) is 53.0 Å². The van der Waals surface area contributed by atoms with E-state index in [0.717, 1.165) is 6.42 Å². The van der Waals surface area contributed by atoms with Crippen molar-refractivity contribution in [2.24, 2.45) is 16.2 Å². The molecule has 26 heavy (non-hydrogen) atoms. The van der Waals surface area contributed by atoms with Crippen molar-refractivity contribution in [3.8, 4) is 0 Å². The van der Waals surface area contributed by atoms with Crippen LogP contribution in [-0.2, 0) is 27.3 Å². The molecule has 3 amide bonds. The third kappa shape index (κ3) is 2.48. The average Bonchev–Trinajstić information content (AvgIpc) is 2.58. The maximum absolute atomic E-state index is 13.5. The maximum Gasteiger partial charge on any atom is 0.232 e. The van der Waals surface area contributed by atoms with E-state index in [9.17, 15) is 14.4 Å².